The van der Waals surface area contributed by atoms with Crippen molar-refractivity contribution < 1.29 is 9.21 Å². The van der Waals surface area contributed by atoms with Crippen LogP contribution in [0.3, 0.4) is 0 Å². The monoisotopic (exact) mass is 322 g/mol. The Labute approximate surface area is 137 Å². The van der Waals surface area contributed by atoms with Gasteiger partial charge in [0, 0.05) is 13.1 Å². The summed E-state index contributed by atoms with van der Waals surface area (Å²) in [5.74, 6) is 3.47. The van der Waals surface area contributed by atoms with E-state index in [0.717, 1.165) is 57.2 Å². The first-order chi connectivity index (χ1) is 10.8. The molecule has 0 bridgehead atoms. The zero-order valence-electron chi connectivity index (χ0n) is 13.4. The number of likely N-dealkylation sites (tertiary alicyclic amines) is 2. The molecule has 2 aliphatic heterocycles. The molecule has 5 heteroatoms. The number of hydrogen-bond donors (Lipinski definition) is 0. The average molecular weight is 322 g/mol. The number of rotatable bonds is 5. The molecule has 1 amide bonds. The van der Waals surface area contributed by atoms with Gasteiger partial charge in [0.15, 0.2) is 5.76 Å². The van der Waals surface area contributed by atoms with E-state index in [2.05, 4.69) is 11.2 Å². The number of furan rings is 1. The molecule has 0 radical (unpaired) electrons. The quantitative estimate of drug-likeness (QED) is 0.835. The van der Waals surface area contributed by atoms with Crippen LogP contribution in [0.5, 0.6) is 0 Å². The van der Waals surface area contributed by atoms with Crippen LogP contribution in [-0.4, -0.2) is 53.9 Å². The molecule has 0 aromatic carbocycles. The molecule has 0 unspecified atom stereocenters. The molecule has 3 rings (SSSR count). The highest BCUT2D eigenvalue weighted by Gasteiger charge is 2.25. The highest BCUT2D eigenvalue weighted by Crippen LogP contribution is 2.23. The minimum absolute atomic E-state index is 0.0651. The molecule has 0 N–H and O–H groups in total. The minimum Gasteiger partial charge on any atom is -0.455 e. The van der Waals surface area contributed by atoms with Crippen molar-refractivity contribution in [2.75, 3.05) is 38.2 Å². The third-order valence-corrected chi connectivity index (χ3v) is 5.56. The van der Waals surface area contributed by atoms with Gasteiger partial charge < -0.3 is 9.32 Å². The Morgan fingerprint density at radius 1 is 1.23 bits per heavy atom. The van der Waals surface area contributed by atoms with Gasteiger partial charge in [0.25, 0.3) is 5.91 Å². The van der Waals surface area contributed by atoms with E-state index < -0.39 is 0 Å². The largest absolute Gasteiger partial charge is 0.455 e. The van der Waals surface area contributed by atoms with E-state index in [4.69, 9.17) is 4.42 Å². The van der Waals surface area contributed by atoms with Crippen molar-refractivity contribution in [2.45, 2.75) is 32.2 Å². The van der Waals surface area contributed by atoms with Gasteiger partial charge in [-0.15, -0.1) is 0 Å². The van der Waals surface area contributed by atoms with Gasteiger partial charge in [-0.3, -0.25) is 9.69 Å². The first kappa shape index (κ1) is 15.9. The Kier molecular flexibility index (Phi) is 5.47. The van der Waals surface area contributed by atoms with E-state index >= 15 is 0 Å². The lowest BCUT2D eigenvalue weighted by molar-refractivity contribution is 0.0663. The van der Waals surface area contributed by atoms with Gasteiger partial charge in [0.1, 0.15) is 5.76 Å². The number of nitrogens with zero attached hydrogens (tertiary/aromatic N) is 2. The van der Waals surface area contributed by atoms with Crippen molar-refractivity contribution in [3.8, 4) is 0 Å². The third kappa shape index (κ3) is 3.87. The van der Waals surface area contributed by atoms with Crippen LogP contribution in [0.15, 0.2) is 16.5 Å². The number of carbonyl (C=O) groups excluding carboxylic acids is 1. The van der Waals surface area contributed by atoms with Crippen LogP contribution in [-0.2, 0) is 6.54 Å². The lowest BCUT2D eigenvalue weighted by Gasteiger charge is -2.31. The number of thioether (sulfide) groups is 1. The van der Waals surface area contributed by atoms with Crippen molar-refractivity contribution in [2.24, 2.45) is 5.92 Å². The van der Waals surface area contributed by atoms with Gasteiger partial charge in [-0.25, -0.2) is 0 Å². The summed E-state index contributed by atoms with van der Waals surface area (Å²) in [6.07, 6.45) is 6.94. The summed E-state index contributed by atoms with van der Waals surface area (Å²) in [7, 11) is 0. The molecule has 0 atom stereocenters. The molecule has 22 heavy (non-hydrogen) atoms. The molecule has 0 spiro atoms. The van der Waals surface area contributed by atoms with Gasteiger partial charge in [-0.2, -0.15) is 11.8 Å². The smallest absolute Gasteiger partial charge is 0.289 e. The average Bonchev–Trinajstić information content (AvgIpc) is 3.20. The molecule has 2 saturated heterocycles. The predicted molar refractivity (Wildman–Crippen MR) is 90.2 cm³/mol. The Hall–Kier alpha value is -0.940. The van der Waals surface area contributed by atoms with Gasteiger partial charge in [-0.05, 0) is 68.8 Å². The number of hydrogen-bond acceptors (Lipinski definition) is 4. The molecule has 0 aliphatic carbocycles. The van der Waals surface area contributed by atoms with Crippen LogP contribution in [0.1, 0.15) is 42.0 Å². The molecule has 2 fully saturated rings. The fourth-order valence-corrected chi connectivity index (χ4v) is 4.24. The van der Waals surface area contributed by atoms with Crippen LogP contribution < -0.4 is 0 Å². The highest BCUT2D eigenvalue weighted by molar-refractivity contribution is 7.98. The molecule has 1 aromatic rings. The fourth-order valence-electron chi connectivity index (χ4n) is 3.43. The van der Waals surface area contributed by atoms with E-state index in [1.165, 1.54) is 18.6 Å². The maximum Gasteiger partial charge on any atom is 0.289 e. The Bertz CT molecular complexity index is 489. The zero-order valence-corrected chi connectivity index (χ0v) is 14.2. The lowest BCUT2D eigenvalue weighted by atomic mass is 9.99. The lowest BCUT2D eigenvalue weighted by Crippen LogP contribution is -2.38. The molecule has 1 aromatic heterocycles. The molecule has 4 nitrogen and oxygen atoms in total. The summed E-state index contributed by atoms with van der Waals surface area (Å²) in [5.41, 5.74) is 0. The molecule has 122 valence electrons. The van der Waals surface area contributed by atoms with E-state index in [1.807, 2.05) is 28.8 Å². The second-order valence-electron chi connectivity index (χ2n) is 6.44. The molecular weight excluding hydrogens is 296 g/mol. The van der Waals surface area contributed by atoms with Crippen LogP contribution in [0.4, 0.5) is 0 Å². The standard InChI is InChI=1S/C17H26N2O2S/c1-22-13-14-6-10-19(11-7-14)17(20)16-5-4-15(21-16)12-18-8-2-3-9-18/h4-5,14H,2-3,6-13H2,1H3. The Balaban J connectivity index is 1.53. The summed E-state index contributed by atoms with van der Waals surface area (Å²) in [6, 6.07) is 3.81. The van der Waals surface area contributed by atoms with Crippen LogP contribution >= 0.6 is 11.8 Å². The van der Waals surface area contributed by atoms with Gasteiger partial charge >= 0.3 is 0 Å². The number of carbonyl (C=O) groups is 1. The summed E-state index contributed by atoms with van der Waals surface area (Å²) in [6.45, 7) is 4.86. The first-order valence-electron chi connectivity index (χ1n) is 8.35. The fraction of sp³-hybridized carbons (Fsp3) is 0.706. The van der Waals surface area contributed by atoms with Crippen LogP contribution in [0, 0.1) is 5.92 Å². The number of piperidine rings is 1. The van der Waals surface area contributed by atoms with E-state index in [9.17, 15) is 4.79 Å². The summed E-state index contributed by atoms with van der Waals surface area (Å²) in [5, 5.41) is 0. The van der Waals surface area contributed by atoms with Crippen molar-refractivity contribution in [3.63, 3.8) is 0 Å². The van der Waals surface area contributed by atoms with Crippen LogP contribution in [0.25, 0.3) is 0 Å². The summed E-state index contributed by atoms with van der Waals surface area (Å²) >= 11 is 1.91. The molecule has 3 heterocycles. The van der Waals surface area contributed by atoms with E-state index in [-0.39, 0.29) is 5.91 Å². The molecular formula is C17H26N2O2S. The van der Waals surface area contributed by atoms with Gasteiger partial charge in [0.2, 0.25) is 0 Å². The van der Waals surface area contributed by atoms with Gasteiger partial charge in [-0.1, -0.05) is 0 Å². The van der Waals surface area contributed by atoms with E-state index in [0.29, 0.717) is 5.76 Å². The zero-order chi connectivity index (χ0) is 15.4. The first-order valence-corrected chi connectivity index (χ1v) is 9.75. The third-order valence-electron chi connectivity index (χ3n) is 4.75. The van der Waals surface area contributed by atoms with Crippen molar-refractivity contribution in [3.05, 3.63) is 23.7 Å². The van der Waals surface area contributed by atoms with Crippen LogP contribution in [0.2, 0.25) is 0 Å². The van der Waals surface area contributed by atoms with Crippen molar-refractivity contribution >= 4 is 17.7 Å². The Morgan fingerprint density at radius 3 is 2.64 bits per heavy atom. The normalized spacial score (nSPS) is 20.7. The van der Waals surface area contributed by atoms with E-state index in [1.54, 1.807) is 0 Å². The second kappa shape index (κ2) is 7.55. The second-order valence-corrected chi connectivity index (χ2v) is 7.35. The molecule has 0 saturated carbocycles. The minimum atomic E-state index is 0.0651. The maximum atomic E-state index is 12.5. The highest BCUT2D eigenvalue weighted by atomic mass is 32.2. The summed E-state index contributed by atoms with van der Waals surface area (Å²) < 4.78 is 5.80. The number of amides is 1. The van der Waals surface area contributed by atoms with Crippen molar-refractivity contribution in [1.82, 2.24) is 9.80 Å². The topological polar surface area (TPSA) is 36.7 Å². The summed E-state index contributed by atoms with van der Waals surface area (Å²) in [4.78, 5) is 16.9. The van der Waals surface area contributed by atoms with Crippen molar-refractivity contribution in [1.29, 1.82) is 0 Å². The SMILES string of the molecule is CSCC1CCN(C(=O)c2ccc(CN3CCCC3)o2)CC1. The van der Waals surface area contributed by atoms with Gasteiger partial charge in [0.05, 0.1) is 6.54 Å². The Morgan fingerprint density at radius 2 is 1.95 bits per heavy atom. The predicted octanol–water partition coefficient (Wildman–Crippen LogP) is 3.09. The maximum absolute atomic E-state index is 12.5. The molecule has 2 aliphatic rings.